The summed E-state index contributed by atoms with van der Waals surface area (Å²) in [5.74, 6) is 0.286. The van der Waals surface area contributed by atoms with Crippen molar-refractivity contribution in [3.63, 3.8) is 0 Å². The summed E-state index contributed by atoms with van der Waals surface area (Å²) in [6.45, 7) is 0.575. The van der Waals surface area contributed by atoms with Crippen molar-refractivity contribution in [3.05, 3.63) is 84.2 Å². The highest BCUT2D eigenvalue weighted by Gasteiger charge is 2.10. The lowest BCUT2D eigenvalue weighted by molar-refractivity contribution is 0.102. The number of benzene rings is 2. The maximum Gasteiger partial charge on any atom is 0.272 e. The number of anilines is 3. The maximum absolute atomic E-state index is 12.5. The Balaban J connectivity index is 1.45. The highest BCUT2D eigenvalue weighted by molar-refractivity contribution is 6.05. The van der Waals surface area contributed by atoms with E-state index < -0.39 is 0 Å². The van der Waals surface area contributed by atoms with E-state index in [1.807, 2.05) is 66.7 Å². The quantitative estimate of drug-likeness (QED) is 0.434. The zero-order valence-electron chi connectivity index (χ0n) is 14.6. The lowest BCUT2D eigenvalue weighted by Gasteiger charge is -2.10. The van der Waals surface area contributed by atoms with Crippen LogP contribution in [0.4, 0.5) is 17.2 Å². The van der Waals surface area contributed by atoms with E-state index in [0.29, 0.717) is 18.1 Å². The molecule has 0 saturated carbocycles. The van der Waals surface area contributed by atoms with Gasteiger partial charge in [-0.2, -0.15) is 0 Å². The van der Waals surface area contributed by atoms with E-state index in [4.69, 9.17) is 5.73 Å². The Kier molecular flexibility index (Phi) is 4.45. The van der Waals surface area contributed by atoms with Gasteiger partial charge in [0, 0.05) is 29.3 Å². The zero-order chi connectivity index (χ0) is 18.6. The number of nitrogen functional groups attached to an aromatic ring is 1. The van der Waals surface area contributed by atoms with Gasteiger partial charge in [0.05, 0.1) is 5.69 Å². The molecule has 4 rings (SSSR count). The van der Waals surface area contributed by atoms with E-state index >= 15 is 0 Å². The standard InChI is InChI=1S/C21H19N5O/c22-20-18(9-4-10-23-20)24-13-14-5-3-7-16(11-14)25-21(27)19-12-15-6-1-2-8-17(15)26-19/h1-12,24,26H,13H2,(H2,22,23)(H,25,27). The molecule has 0 fully saturated rings. The number of rotatable bonds is 5. The van der Waals surface area contributed by atoms with Gasteiger partial charge in [-0.1, -0.05) is 30.3 Å². The summed E-state index contributed by atoms with van der Waals surface area (Å²) < 4.78 is 0. The number of carbonyl (C=O) groups excluding carboxylic acids is 1. The van der Waals surface area contributed by atoms with Crippen molar-refractivity contribution < 1.29 is 4.79 Å². The van der Waals surface area contributed by atoms with Crippen LogP contribution in [0.3, 0.4) is 0 Å². The number of carbonyl (C=O) groups is 1. The molecule has 1 amide bonds. The van der Waals surface area contributed by atoms with Crippen molar-refractivity contribution in [2.45, 2.75) is 6.54 Å². The van der Waals surface area contributed by atoms with Crippen molar-refractivity contribution in [1.82, 2.24) is 9.97 Å². The first-order valence-corrected chi connectivity index (χ1v) is 8.61. The number of hydrogen-bond acceptors (Lipinski definition) is 4. The summed E-state index contributed by atoms with van der Waals surface area (Å²) >= 11 is 0. The Labute approximate surface area is 156 Å². The van der Waals surface area contributed by atoms with Gasteiger partial charge in [-0.25, -0.2) is 4.98 Å². The van der Waals surface area contributed by atoms with E-state index in [9.17, 15) is 4.79 Å². The minimum absolute atomic E-state index is 0.173. The van der Waals surface area contributed by atoms with Crippen molar-refractivity contribution in [1.29, 1.82) is 0 Å². The molecule has 0 atom stereocenters. The van der Waals surface area contributed by atoms with E-state index in [-0.39, 0.29) is 5.91 Å². The summed E-state index contributed by atoms with van der Waals surface area (Å²) in [6, 6.07) is 21.0. The molecule has 0 spiro atoms. The first kappa shape index (κ1) is 16.7. The number of aromatic amines is 1. The molecule has 6 heteroatoms. The van der Waals surface area contributed by atoms with E-state index in [1.165, 1.54) is 0 Å². The summed E-state index contributed by atoms with van der Waals surface area (Å²) in [5, 5.41) is 7.20. The van der Waals surface area contributed by atoms with Crippen LogP contribution in [0.2, 0.25) is 0 Å². The van der Waals surface area contributed by atoms with Crippen molar-refractivity contribution in [2.75, 3.05) is 16.4 Å². The summed E-state index contributed by atoms with van der Waals surface area (Å²) in [4.78, 5) is 19.7. The molecule has 0 bridgehead atoms. The minimum Gasteiger partial charge on any atom is -0.382 e. The van der Waals surface area contributed by atoms with Crippen LogP contribution in [-0.4, -0.2) is 15.9 Å². The molecule has 27 heavy (non-hydrogen) atoms. The average Bonchev–Trinajstić information content (AvgIpc) is 3.12. The van der Waals surface area contributed by atoms with Gasteiger partial charge in [0.1, 0.15) is 11.5 Å². The maximum atomic E-state index is 12.5. The Morgan fingerprint density at radius 3 is 2.78 bits per heavy atom. The largest absolute Gasteiger partial charge is 0.382 e. The molecule has 2 aromatic heterocycles. The Hall–Kier alpha value is -3.80. The van der Waals surface area contributed by atoms with Crippen LogP contribution in [0.5, 0.6) is 0 Å². The number of nitrogens with one attached hydrogen (secondary N) is 3. The van der Waals surface area contributed by atoms with Crippen molar-refractivity contribution in [2.24, 2.45) is 0 Å². The summed E-state index contributed by atoms with van der Waals surface area (Å²) in [7, 11) is 0. The third-order valence-corrected chi connectivity index (χ3v) is 4.28. The Bertz CT molecular complexity index is 1070. The third-order valence-electron chi connectivity index (χ3n) is 4.28. The second kappa shape index (κ2) is 7.21. The molecule has 2 heterocycles. The fraction of sp³-hybridized carbons (Fsp3) is 0.0476. The smallest absolute Gasteiger partial charge is 0.272 e. The molecule has 6 nitrogen and oxygen atoms in total. The number of H-pyrrole nitrogens is 1. The molecular weight excluding hydrogens is 338 g/mol. The van der Waals surface area contributed by atoms with Crippen LogP contribution in [0.1, 0.15) is 16.1 Å². The van der Waals surface area contributed by atoms with Gasteiger partial charge in [-0.15, -0.1) is 0 Å². The van der Waals surface area contributed by atoms with Crippen LogP contribution in [-0.2, 0) is 6.54 Å². The Morgan fingerprint density at radius 1 is 1.04 bits per heavy atom. The SMILES string of the molecule is Nc1ncccc1NCc1cccc(NC(=O)c2cc3ccccc3[nH]2)c1. The molecule has 0 radical (unpaired) electrons. The van der Waals surface area contributed by atoms with Gasteiger partial charge in [-0.3, -0.25) is 4.79 Å². The fourth-order valence-corrected chi connectivity index (χ4v) is 2.92. The normalized spacial score (nSPS) is 10.7. The molecule has 0 saturated heterocycles. The molecule has 0 aliphatic heterocycles. The lowest BCUT2D eigenvalue weighted by atomic mass is 10.2. The number of nitrogens with zero attached hydrogens (tertiary/aromatic N) is 1. The van der Waals surface area contributed by atoms with Crippen LogP contribution in [0, 0.1) is 0 Å². The van der Waals surface area contributed by atoms with E-state index in [2.05, 4.69) is 20.6 Å². The van der Waals surface area contributed by atoms with Crippen molar-refractivity contribution in [3.8, 4) is 0 Å². The van der Waals surface area contributed by atoms with Crippen molar-refractivity contribution >= 4 is 34.0 Å². The second-order valence-electron chi connectivity index (χ2n) is 6.21. The number of nitrogens with two attached hydrogens (primary N) is 1. The average molecular weight is 357 g/mol. The molecule has 0 aliphatic carbocycles. The molecule has 0 aliphatic rings. The first-order chi connectivity index (χ1) is 13.2. The predicted octanol–water partition coefficient (Wildman–Crippen LogP) is 4.01. The molecule has 4 aromatic rings. The molecule has 2 aromatic carbocycles. The number of pyridine rings is 1. The van der Waals surface area contributed by atoms with Gasteiger partial charge < -0.3 is 21.4 Å². The Morgan fingerprint density at radius 2 is 1.93 bits per heavy atom. The topological polar surface area (TPSA) is 95.8 Å². The monoisotopic (exact) mass is 357 g/mol. The van der Waals surface area contributed by atoms with Gasteiger partial charge in [0.25, 0.3) is 5.91 Å². The first-order valence-electron chi connectivity index (χ1n) is 8.61. The molecule has 134 valence electrons. The van der Waals surface area contributed by atoms with E-state index in [0.717, 1.165) is 27.8 Å². The third kappa shape index (κ3) is 3.74. The highest BCUT2D eigenvalue weighted by atomic mass is 16.1. The highest BCUT2D eigenvalue weighted by Crippen LogP contribution is 2.19. The zero-order valence-corrected chi connectivity index (χ0v) is 14.6. The van der Waals surface area contributed by atoms with Crippen LogP contribution >= 0.6 is 0 Å². The van der Waals surface area contributed by atoms with Crippen LogP contribution in [0.15, 0.2) is 72.9 Å². The van der Waals surface area contributed by atoms with Crippen LogP contribution in [0.25, 0.3) is 10.9 Å². The van der Waals surface area contributed by atoms with E-state index in [1.54, 1.807) is 6.20 Å². The van der Waals surface area contributed by atoms with Gasteiger partial charge in [-0.05, 0) is 42.0 Å². The molecule has 0 unspecified atom stereocenters. The summed E-state index contributed by atoms with van der Waals surface area (Å²) in [6.07, 6.45) is 1.65. The lowest BCUT2D eigenvalue weighted by Crippen LogP contribution is -2.12. The van der Waals surface area contributed by atoms with Gasteiger partial charge in [0.15, 0.2) is 0 Å². The number of hydrogen-bond donors (Lipinski definition) is 4. The number of fused-ring (bicyclic) bond motifs is 1. The van der Waals surface area contributed by atoms with Crippen LogP contribution < -0.4 is 16.4 Å². The second-order valence-corrected chi connectivity index (χ2v) is 6.21. The van der Waals surface area contributed by atoms with Gasteiger partial charge in [0.2, 0.25) is 0 Å². The molecule has 5 N–H and O–H groups in total. The number of aromatic nitrogens is 2. The van der Waals surface area contributed by atoms with Gasteiger partial charge >= 0.3 is 0 Å². The number of amides is 1. The molecular formula is C21H19N5O. The summed E-state index contributed by atoms with van der Waals surface area (Å²) in [5.41, 5.74) is 9.85. The minimum atomic E-state index is -0.173. The predicted molar refractivity (Wildman–Crippen MR) is 109 cm³/mol. The fourth-order valence-electron chi connectivity index (χ4n) is 2.92. The number of para-hydroxylation sites is 1.